The van der Waals surface area contributed by atoms with Gasteiger partial charge in [0.05, 0.1) is 31.9 Å². The minimum atomic E-state index is -0.0141. The molecule has 0 aromatic heterocycles. The van der Waals surface area contributed by atoms with E-state index in [1.165, 1.54) is 0 Å². The van der Waals surface area contributed by atoms with Crippen molar-refractivity contribution < 1.29 is 14.2 Å². The summed E-state index contributed by atoms with van der Waals surface area (Å²) >= 11 is 6.22. The molecule has 1 aliphatic heterocycles. The van der Waals surface area contributed by atoms with Crippen molar-refractivity contribution in [3.05, 3.63) is 22.7 Å². The molecule has 1 saturated heterocycles. The largest absolute Gasteiger partial charge is 0.493 e. The highest BCUT2D eigenvalue weighted by Crippen LogP contribution is 2.39. The summed E-state index contributed by atoms with van der Waals surface area (Å²) in [7, 11) is 3.15. The summed E-state index contributed by atoms with van der Waals surface area (Å²) in [5.74, 6) is 7.14. The van der Waals surface area contributed by atoms with E-state index in [0.717, 1.165) is 18.6 Å². The molecule has 1 aromatic rings. The van der Waals surface area contributed by atoms with Gasteiger partial charge in [-0.2, -0.15) is 0 Å². The Bertz CT molecular complexity index is 436. The van der Waals surface area contributed by atoms with Crippen molar-refractivity contribution in [1.82, 2.24) is 5.43 Å². The molecule has 1 heterocycles. The first-order chi connectivity index (χ1) is 9.21. The lowest BCUT2D eigenvalue weighted by molar-refractivity contribution is 0.176. The van der Waals surface area contributed by atoms with Crippen LogP contribution in [0.4, 0.5) is 0 Å². The Morgan fingerprint density at radius 2 is 2.21 bits per heavy atom. The van der Waals surface area contributed by atoms with Gasteiger partial charge in [0.15, 0.2) is 11.5 Å². The van der Waals surface area contributed by atoms with Crippen molar-refractivity contribution in [2.24, 2.45) is 11.8 Å². The van der Waals surface area contributed by atoms with Gasteiger partial charge in [-0.15, -0.1) is 0 Å². The first-order valence-corrected chi connectivity index (χ1v) is 6.54. The molecule has 0 spiro atoms. The molecule has 0 amide bonds. The van der Waals surface area contributed by atoms with Crippen LogP contribution >= 0.6 is 11.6 Å². The summed E-state index contributed by atoms with van der Waals surface area (Å²) in [5, 5.41) is 0.510. The summed E-state index contributed by atoms with van der Waals surface area (Å²) in [6, 6.07) is 3.74. The van der Waals surface area contributed by atoms with Crippen molar-refractivity contribution in [3.8, 4) is 11.5 Å². The molecule has 0 aliphatic carbocycles. The van der Waals surface area contributed by atoms with Gasteiger partial charge in [0.1, 0.15) is 0 Å². The smallest absolute Gasteiger partial charge is 0.179 e. The third-order valence-corrected chi connectivity index (χ3v) is 3.71. The molecule has 5 nitrogen and oxygen atoms in total. The molecule has 1 fully saturated rings. The topological polar surface area (TPSA) is 65.7 Å². The monoisotopic (exact) mass is 286 g/mol. The quantitative estimate of drug-likeness (QED) is 0.639. The molecule has 0 bridgehead atoms. The van der Waals surface area contributed by atoms with Crippen LogP contribution in [0.15, 0.2) is 12.1 Å². The maximum absolute atomic E-state index is 6.22. The average Bonchev–Trinajstić information content (AvgIpc) is 2.92. The Morgan fingerprint density at radius 3 is 2.74 bits per heavy atom. The predicted molar refractivity (Wildman–Crippen MR) is 73.5 cm³/mol. The van der Waals surface area contributed by atoms with Crippen molar-refractivity contribution in [3.63, 3.8) is 0 Å². The van der Waals surface area contributed by atoms with Gasteiger partial charge in [-0.25, -0.2) is 0 Å². The highest BCUT2D eigenvalue weighted by molar-refractivity contribution is 6.32. The van der Waals surface area contributed by atoms with E-state index < -0.39 is 0 Å². The average molecular weight is 287 g/mol. The van der Waals surface area contributed by atoms with Crippen LogP contribution in [-0.2, 0) is 4.74 Å². The molecular formula is C13H19ClN2O3. The first kappa shape index (κ1) is 14.4. The lowest BCUT2D eigenvalue weighted by Gasteiger charge is -2.23. The van der Waals surface area contributed by atoms with Gasteiger partial charge < -0.3 is 14.2 Å². The maximum Gasteiger partial charge on any atom is 0.179 e. The van der Waals surface area contributed by atoms with Crippen LogP contribution in [0.5, 0.6) is 11.5 Å². The van der Waals surface area contributed by atoms with Crippen LogP contribution in [0.2, 0.25) is 5.02 Å². The number of hydrazine groups is 1. The van der Waals surface area contributed by atoms with Gasteiger partial charge in [0.2, 0.25) is 0 Å². The predicted octanol–water partition coefficient (Wildman–Crippen LogP) is 1.90. The highest BCUT2D eigenvalue weighted by atomic mass is 35.5. The zero-order chi connectivity index (χ0) is 13.8. The van der Waals surface area contributed by atoms with E-state index in [0.29, 0.717) is 29.0 Å². The van der Waals surface area contributed by atoms with Gasteiger partial charge in [0.25, 0.3) is 0 Å². The third kappa shape index (κ3) is 2.95. The van der Waals surface area contributed by atoms with Gasteiger partial charge >= 0.3 is 0 Å². The fourth-order valence-corrected chi connectivity index (χ4v) is 2.73. The Morgan fingerprint density at radius 1 is 1.42 bits per heavy atom. The lowest BCUT2D eigenvalue weighted by atomic mass is 9.92. The van der Waals surface area contributed by atoms with E-state index in [1.54, 1.807) is 14.2 Å². The molecular weight excluding hydrogens is 268 g/mol. The lowest BCUT2D eigenvalue weighted by Crippen LogP contribution is -2.33. The number of halogens is 1. The van der Waals surface area contributed by atoms with Crippen LogP contribution in [0, 0.1) is 5.92 Å². The zero-order valence-corrected chi connectivity index (χ0v) is 11.9. The molecule has 2 rings (SSSR count). The van der Waals surface area contributed by atoms with Crippen molar-refractivity contribution in [1.29, 1.82) is 0 Å². The van der Waals surface area contributed by atoms with Crippen molar-refractivity contribution in [2.75, 3.05) is 27.4 Å². The molecule has 2 unspecified atom stereocenters. The molecule has 1 aliphatic rings. The summed E-state index contributed by atoms with van der Waals surface area (Å²) in [5.41, 5.74) is 3.81. The summed E-state index contributed by atoms with van der Waals surface area (Å²) in [4.78, 5) is 0. The number of hydrogen-bond donors (Lipinski definition) is 2. The molecule has 2 atom stereocenters. The summed E-state index contributed by atoms with van der Waals surface area (Å²) in [6.45, 7) is 1.46. The second-order valence-electron chi connectivity index (χ2n) is 4.51. The van der Waals surface area contributed by atoms with Crippen LogP contribution < -0.4 is 20.7 Å². The number of nitrogens with one attached hydrogen (secondary N) is 1. The summed E-state index contributed by atoms with van der Waals surface area (Å²) in [6.07, 6.45) is 0.973. The fourth-order valence-electron chi connectivity index (χ4n) is 2.44. The SMILES string of the molecule is COc1cc(C(NN)C2CCOC2)cc(Cl)c1OC. The molecule has 19 heavy (non-hydrogen) atoms. The highest BCUT2D eigenvalue weighted by Gasteiger charge is 2.27. The Labute approximate surface area is 117 Å². The van der Waals surface area contributed by atoms with Gasteiger partial charge in [-0.3, -0.25) is 11.3 Å². The van der Waals surface area contributed by atoms with Crippen molar-refractivity contribution in [2.45, 2.75) is 12.5 Å². The molecule has 1 aromatic carbocycles. The van der Waals surface area contributed by atoms with Crippen molar-refractivity contribution >= 4 is 11.6 Å². The van der Waals surface area contributed by atoms with E-state index in [2.05, 4.69) is 5.43 Å². The number of rotatable bonds is 5. The molecule has 106 valence electrons. The maximum atomic E-state index is 6.22. The molecule has 6 heteroatoms. The van der Waals surface area contributed by atoms with E-state index in [9.17, 15) is 0 Å². The molecule has 3 N–H and O–H groups in total. The third-order valence-electron chi connectivity index (χ3n) is 3.43. The standard InChI is InChI=1S/C13H19ClN2O3/c1-17-11-6-9(5-10(14)13(11)18-2)12(16-15)8-3-4-19-7-8/h5-6,8,12,16H,3-4,7,15H2,1-2H3. The van der Waals surface area contributed by atoms with E-state index >= 15 is 0 Å². The Kier molecular flexibility index (Phi) is 4.87. The second-order valence-corrected chi connectivity index (χ2v) is 4.91. The van der Waals surface area contributed by atoms with Crippen LogP contribution in [-0.4, -0.2) is 27.4 Å². The van der Waals surface area contributed by atoms with Gasteiger partial charge in [-0.1, -0.05) is 11.6 Å². The minimum Gasteiger partial charge on any atom is -0.493 e. The number of nitrogens with two attached hydrogens (primary N) is 1. The van der Waals surface area contributed by atoms with Gasteiger partial charge in [0, 0.05) is 12.5 Å². The van der Waals surface area contributed by atoms with Crippen LogP contribution in [0.1, 0.15) is 18.0 Å². The fraction of sp³-hybridized carbons (Fsp3) is 0.538. The number of benzene rings is 1. The number of methoxy groups -OCH3 is 2. The van der Waals surface area contributed by atoms with Crippen LogP contribution in [0.25, 0.3) is 0 Å². The first-order valence-electron chi connectivity index (χ1n) is 6.16. The van der Waals surface area contributed by atoms with E-state index in [-0.39, 0.29) is 6.04 Å². The Hall–Kier alpha value is -1.01. The number of hydrogen-bond acceptors (Lipinski definition) is 5. The zero-order valence-electron chi connectivity index (χ0n) is 11.1. The summed E-state index contributed by atoms with van der Waals surface area (Å²) < 4.78 is 15.9. The van der Waals surface area contributed by atoms with E-state index in [1.807, 2.05) is 12.1 Å². The van der Waals surface area contributed by atoms with Gasteiger partial charge in [-0.05, 0) is 24.1 Å². The number of ether oxygens (including phenoxy) is 3. The van der Waals surface area contributed by atoms with Crippen LogP contribution in [0.3, 0.4) is 0 Å². The molecule has 0 saturated carbocycles. The molecule has 0 radical (unpaired) electrons. The minimum absolute atomic E-state index is 0.0141. The van der Waals surface area contributed by atoms with E-state index in [4.69, 9.17) is 31.7 Å². The second kappa shape index (κ2) is 6.43. The normalized spacial score (nSPS) is 20.3. The Balaban J connectivity index is 2.34.